The second-order valence-corrected chi connectivity index (χ2v) is 5.64. The summed E-state index contributed by atoms with van der Waals surface area (Å²) >= 11 is 7.98. The van der Waals surface area contributed by atoms with Crippen molar-refractivity contribution in [2.75, 3.05) is 11.5 Å². The maximum absolute atomic E-state index is 6.27. The van der Waals surface area contributed by atoms with E-state index in [1.54, 1.807) is 0 Å². The van der Waals surface area contributed by atoms with Gasteiger partial charge in [-0.2, -0.15) is 11.8 Å². The maximum Gasteiger partial charge on any atom is 0.0409 e. The van der Waals surface area contributed by atoms with Crippen LogP contribution in [0.2, 0.25) is 5.02 Å². The Kier molecular flexibility index (Phi) is 3.95. The van der Waals surface area contributed by atoms with Gasteiger partial charge in [0, 0.05) is 11.1 Å². The molecule has 2 atom stereocenters. The zero-order chi connectivity index (χ0) is 10.7. The highest BCUT2D eigenvalue weighted by molar-refractivity contribution is 7.99. The van der Waals surface area contributed by atoms with Crippen molar-refractivity contribution >= 4 is 23.4 Å². The van der Waals surface area contributed by atoms with E-state index in [-0.39, 0.29) is 6.04 Å². The van der Waals surface area contributed by atoms with Gasteiger partial charge in [-0.15, -0.1) is 0 Å². The smallest absolute Gasteiger partial charge is 0.0409 e. The Morgan fingerprint density at radius 3 is 3.00 bits per heavy atom. The second kappa shape index (κ2) is 5.24. The van der Waals surface area contributed by atoms with E-state index in [1.807, 2.05) is 30.0 Å². The highest BCUT2D eigenvalue weighted by atomic mass is 35.5. The van der Waals surface area contributed by atoms with Gasteiger partial charge in [-0.25, -0.2) is 0 Å². The molecule has 2 rings (SSSR count). The first-order valence-electron chi connectivity index (χ1n) is 5.36. The number of nitrogens with two attached hydrogens (primary N) is 1. The van der Waals surface area contributed by atoms with E-state index >= 15 is 0 Å². The van der Waals surface area contributed by atoms with Crippen LogP contribution in [0.15, 0.2) is 24.3 Å². The van der Waals surface area contributed by atoms with E-state index in [1.165, 1.54) is 29.9 Å². The molecule has 1 heterocycles. The third-order valence-corrected chi connectivity index (χ3v) is 4.41. The Labute approximate surface area is 100 Å². The minimum absolute atomic E-state index is 0.150. The molecule has 1 nitrogen and oxygen atoms in total. The minimum Gasteiger partial charge on any atom is -0.324 e. The quantitative estimate of drug-likeness (QED) is 0.858. The minimum atomic E-state index is 0.150. The monoisotopic (exact) mass is 241 g/mol. The van der Waals surface area contributed by atoms with Crippen LogP contribution in [0.3, 0.4) is 0 Å². The zero-order valence-electron chi connectivity index (χ0n) is 8.66. The lowest BCUT2D eigenvalue weighted by Gasteiger charge is -2.27. The van der Waals surface area contributed by atoms with E-state index in [2.05, 4.69) is 6.07 Å². The first kappa shape index (κ1) is 11.3. The van der Waals surface area contributed by atoms with Crippen LogP contribution in [0, 0.1) is 5.92 Å². The summed E-state index contributed by atoms with van der Waals surface area (Å²) < 4.78 is 0. The Morgan fingerprint density at radius 1 is 1.47 bits per heavy atom. The predicted octanol–water partition coefficient (Wildman–Crippen LogP) is 3.48. The molecule has 15 heavy (non-hydrogen) atoms. The third-order valence-electron chi connectivity index (χ3n) is 2.94. The molecule has 1 fully saturated rings. The maximum atomic E-state index is 6.27. The molecule has 0 spiro atoms. The Morgan fingerprint density at radius 2 is 2.33 bits per heavy atom. The van der Waals surface area contributed by atoms with Crippen molar-refractivity contribution < 1.29 is 0 Å². The number of halogens is 1. The Hall–Kier alpha value is -0.180. The number of thioether (sulfide) groups is 1. The fourth-order valence-corrected chi connectivity index (χ4v) is 3.45. The fourth-order valence-electron chi connectivity index (χ4n) is 2.03. The Bertz CT molecular complexity index is 323. The van der Waals surface area contributed by atoms with Gasteiger partial charge in [0.05, 0.1) is 0 Å². The van der Waals surface area contributed by atoms with Crippen LogP contribution in [0.25, 0.3) is 0 Å². The van der Waals surface area contributed by atoms with E-state index in [9.17, 15) is 0 Å². The molecule has 0 aromatic heterocycles. The summed E-state index contributed by atoms with van der Waals surface area (Å²) in [5, 5.41) is 0.784. The number of hydrogen-bond acceptors (Lipinski definition) is 2. The highest BCUT2D eigenvalue weighted by Gasteiger charge is 2.22. The SMILES string of the molecule is NC(c1cccc(Cl)c1)C1CCCSC1. The van der Waals surface area contributed by atoms with E-state index in [0.29, 0.717) is 5.92 Å². The molecule has 0 amide bonds. The highest BCUT2D eigenvalue weighted by Crippen LogP contribution is 2.32. The molecular weight excluding hydrogens is 226 g/mol. The molecule has 1 aliphatic rings. The molecule has 0 bridgehead atoms. The first-order valence-corrected chi connectivity index (χ1v) is 6.89. The van der Waals surface area contributed by atoms with Gasteiger partial charge in [-0.05, 0) is 48.0 Å². The Balaban J connectivity index is 2.08. The average molecular weight is 242 g/mol. The molecule has 82 valence electrons. The fraction of sp³-hybridized carbons (Fsp3) is 0.500. The van der Waals surface area contributed by atoms with Gasteiger partial charge in [0.15, 0.2) is 0 Å². The molecule has 1 saturated heterocycles. The third kappa shape index (κ3) is 2.90. The van der Waals surface area contributed by atoms with Crippen LogP contribution in [0.4, 0.5) is 0 Å². The van der Waals surface area contributed by atoms with Crippen molar-refractivity contribution in [2.45, 2.75) is 18.9 Å². The zero-order valence-corrected chi connectivity index (χ0v) is 10.2. The van der Waals surface area contributed by atoms with Crippen LogP contribution >= 0.6 is 23.4 Å². The van der Waals surface area contributed by atoms with Crippen LogP contribution < -0.4 is 5.73 Å². The molecule has 1 aliphatic heterocycles. The van der Waals surface area contributed by atoms with Gasteiger partial charge in [0.2, 0.25) is 0 Å². The molecule has 3 heteroatoms. The summed E-state index contributed by atoms with van der Waals surface area (Å²) in [6, 6.07) is 8.10. The predicted molar refractivity (Wildman–Crippen MR) is 68.4 cm³/mol. The normalized spacial score (nSPS) is 23.7. The van der Waals surface area contributed by atoms with E-state index in [0.717, 1.165) is 5.02 Å². The van der Waals surface area contributed by atoms with Gasteiger partial charge in [0.1, 0.15) is 0 Å². The van der Waals surface area contributed by atoms with Gasteiger partial charge < -0.3 is 5.73 Å². The van der Waals surface area contributed by atoms with Crippen LogP contribution in [-0.2, 0) is 0 Å². The van der Waals surface area contributed by atoms with Crippen molar-refractivity contribution in [3.8, 4) is 0 Å². The van der Waals surface area contributed by atoms with Crippen molar-refractivity contribution in [1.29, 1.82) is 0 Å². The first-order chi connectivity index (χ1) is 7.27. The van der Waals surface area contributed by atoms with Gasteiger partial charge in [-0.1, -0.05) is 23.7 Å². The van der Waals surface area contributed by atoms with Crippen molar-refractivity contribution in [2.24, 2.45) is 11.7 Å². The van der Waals surface area contributed by atoms with Gasteiger partial charge in [0.25, 0.3) is 0 Å². The molecule has 0 aliphatic carbocycles. The lowest BCUT2D eigenvalue weighted by molar-refractivity contribution is 0.434. The lowest BCUT2D eigenvalue weighted by atomic mass is 9.91. The van der Waals surface area contributed by atoms with Crippen molar-refractivity contribution in [3.05, 3.63) is 34.9 Å². The van der Waals surface area contributed by atoms with Gasteiger partial charge in [-0.3, -0.25) is 0 Å². The van der Waals surface area contributed by atoms with Crippen molar-refractivity contribution in [3.63, 3.8) is 0 Å². The summed E-state index contributed by atoms with van der Waals surface area (Å²) in [5.74, 6) is 3.09. The molecular formula is C12H16ClNS. The number of benzene rings is 1. The van der Waals surface area contributed by atoms with Crippen molar-refractivity contribution in [1.82, 2.24) is 0 Å². The summed E-state index contributed by atoms with van der Waals surface area (Å²) in [4.78, 5) is 0. The largest absolute Gasteiger partial charge is 0.324 e. The summed E-state index contributed by atoms with van der Waals surface area (Å²) in [5.41, 5.74) is 7.44. The van der Waals surface area contributed by atoms with Crippen LogP contribution in [-0.4, -0.2) is 11.5 Å². The van der Waals surface area contributed by atoms with Crippen LogP contribution in [0.5, 0.6) is 0 Å². The topological polar surface area (TPSA) is 26.0 Å². The standard InChI is InChI=1S/C12H16ClNS/c13-11-5-1-3-9(7-11)12(14)10-4-2-6-15-8-10/h1,3,5,7,10,12H,2,4,6,8,14H2. The second-order valence-electron chi connectivity index (χ2n) is 4.06. The lowest BCUT2D eigenvalue weighted by Crippen LogP contribution is -2.25. The summed E-state index contributed by atoms with van der Waals surface area (Å²) in [7, 11) is 0. The molecule has 0 radical (unpaired) electrons. The van der Waals surface area contributed by atoms with E-state index in [4.69, 9.17) is 17.3 Å². The molecule has 2 N–H and O–H groups in total. The van der Waals surface area contributed by atoms with Gasteiger partial charge >= 0.3 is 0 Å². The average Bonchev–Trinajstić information content (AvgIpc) is 2.29. The molecule has 0 saturated carbocycles. The molecule has 1 aromatic rings. The molecule has 1 aromatic carbocycles. The van der Waals surface area contributed by atoms with Crippen LogP contribution in [0.1, 0.15) is 24.4 Å². The number of hydrogen-bond donors (Lipinski definition) is 1. The summed E-state index contributed by atoms with van der Waals surface area (Å²) in [6.45, 7) is 0. The number of rotatable bonds is 2. The van der Waals surface area contributed by atoms with E-state index < -0.39 is 0 Å². The summed E-state index contributed by atoms with van der Waals surface area (Å²) in [6.07, 6.45) is 2.55. The molecule has 2 unspecified atom stereocenters.